The summed E-state index contributed by atoms with van der Waals surface area (Å²) in [7, 11) is -1.34. The molecule has 1 aromatic heterocycles. The van der Waals surface area contributed by atoms with Crippen molar-refractivity contribution in [2.24, 2.45) is 0 Å². The Morgan fingerprint density at radius 3 is 2.15 bits per heavy atom. The molecule has 0 aliphatic rings. The lowest BCUT2D eigenvalue weighted by Crippen LogP contribution is -2.39. The molecule has 13 heteroatoms. The molecular weight excluding hydrogens is 581 g/mol. The van der Waals surface area contributed by atoms with Crippen molar-refractivity contribution in [2.45, 2.75) is 38.2 Å². The minimum atomic E-state index is -4.44. The van der Waals surface area contributed by atoms with E-state index in [-0.39, 0.29) is 37.5 Å². The number of hydrogen-bond donors (Lipinski definition) is 0. The Morgan fingerprint density at radius 2 is 1.62 bits per heavy atom. The maximum absolute atomic E-state index is 13.9. The van der Waals surface area contributed by atoms with Gasteiger partial charge < -0.3 is 14.4 Å². The van der Waals surface area contributed by atoms with Gasteiger partial charge in [-0.05, 0) is 64.1 Å². The summed E-state index contributed by atoms with van der Waals surface area (Å²) in [5.74, 6) is -1.12. The quantitative estimate of drug-likeness (QED) is 0.249. The van der Waals surface area contributed by atoms with Crippen molar-refractivity contribution in [1.82, 2.24) is 9.47 Å². The number of ether oxygens (including phenoxy) is 2. The lowest BCUT2D eigenvalue weighted by molar-refractivity contribution is -0.152. The molecule has 0 saturated heterocycles. The number of halogens is 2. The number of esters is 1. The highest BCUT2D eigenvalue weighted by molar-refractivity contribution is 7.92. The Labute approximate surface area is 242 Å². The molecule has 3 rings (SSSR count). The van der Waals surface area contributed by atoms with E-state index >= 15 is 0 Å². The van der Waals surface area contributed by atoms with Crippen LogP contribution in [0, 0.1) is 0 Å². The van der Waals surface area contributed by atoms with Gasteiger partial charge in [-0.1, -0.05) is 29.8 Å². The van der Waals surface area contributed by atoms with Crippen LogP contribution in [-0.4, -0.2) is 62.1 Å². The maximum atomic E-state index is 13.9. The monoisotopic (exact) mass is 609 g/mol. The molecule has 0 unspecified atom stereocenters. The van der Waals surface area contributed by atoms with Crippen LogP contribution in [-0.2, 0) is 24.3 Å². The third-order valence-corrected chi connectivity index (χ3v) is 7.48. The number of nitrogens with zero attached hydrogens (tertiary/aromatic N) is 3. The van der Waals surface area contributed by atoms with Gasteiger partial charge in [-0.15, -0.1) is 0 Å². The highest BCUT2D eigenvalue weighted by Crippen LogP contribution is 2.32. The third-order valence-electron chi connectivity index (χ3n) is 5.29. The average molecular weight is 611 g/mol. The molecule has 0 saturated carbocycles. The average Bonchev–Trinajstić information content (AvgIpc) is 3.18. The molecule has 1 amide bonds. The van der Waals surface area contributed by atoms with Gasteiger partial charge in [-0.25, -0.2) is 13.2 Å². The van der Waals surface area contributed by atoms with Gasteiger partial charge in [0.05, 0.1) is 27.4 Å². The van der Waals surface area contributed by atoms with Gasteiger partial charge in [0.2, 0.25) is 0 Å². The lowest BCUT2D eigenvalue weighted by atomic mass is 10.1. The molecule has 0 aliphatic heterocycles. The largest absolute Gasteiger partial charge is 0.459 e. The summed E-state index contributed by atoms with van der Waals surface area (Å²) in [6.45, 7) is 9.28. The number of allylic oxidation sites excluding steroid dienone is 1. The van der Waals surface area contributed by atoms with Crippen molar-refractivity contribution >= 4 is 67.8 Å². The first-order valence-corrected chi connectivity index (χ1v) is 14.1. The second-order valence-corrected chi connectivity index (χ2v) is 12.8. The predicted molar refractivity (Wildman–Crippen MR) is 153 cm³/mol. The van der Waals surface area contributed by atoms with Crippen LogP contribution in [0.3, 0.4) is 0 Å². The number of amides is 1. The molecule has 0 atom stereocenters. The summed E-state index contributed by atoms with van der Waals surface area (Å²) >= 11 is 12.2. The van der Waals surface area contributed by atoms with Gasteiger partial charge in [0, 0.05) is 35.7 Å². The molecule has 0 spiro atoms. The Balaban J connectivity index is 2.28. The van der Waals surface area contributed by atoms with Crippen LogP contribution in [0.15, 0.2) is 59.8 Å². The molecule has 40 heavy (non-hydrogen) atoms. The van der Waals surface area contributed by atoms with E-state index in [1.54, 1.807) is 34.9 Å². The van der Waals surface area contributed by atoms with Crippen LogP contribution in [0.5, 0.6) is 0 Å². The first-order valence-electron chi connectivity index (χ1n) is 11.9. The summed E-state index contributed by atoms with van der Waals surface area (Å²) in [6.07, 6.45) is 0.432. The second-order valence-electron chi connectivity index (χ2n) is 10.1. The van der Waals surface area contributed by atoms with Gasteiger partial charge in [-0.3, -0.25) is 18.5 Å². The highest BCUT2D eigenvalue weighted by atomic mass is 35.5. The van der Waals surface area contributed by atoms with Crippen LogP contribution in [0.1, 0.15) is 38.1 Å². The second kappa shape index (κ2) is 11.5. The number of benzene rings is 2. The normalized spacial score (nSPS) is 11.7. The van der Waals surface area contributed by atoms with E-state index in [1.165, 1.54) is 54.4 Å². The summed E-state index contributed by atoms with van der Waals surface area (Å²) < 4.78 is 40.2. The smallest absolute Gasteiger partial charge is 0.423 e. The van der Waals surface area contributed by atoms with Gasteiger partial charge in [0.15, 0.2) is 0 Å². The molecule has 0 bridgehead atoms. The Bertz CT molecular complexity index is 1600. The summed E-state index contributed by atoms with van der Waals surface area (Å²) in [5, 5.41) is 0.491. The summed E-state index contributed by atoms with van der Waals surface area (Å²) in [5.41, 5.74) is -0.560. The number of sulfonamides is 1. The van der Waals surface area contributed by atoms with E-state index in [0.29, 0.717) is 5.39 Å². The van der Waals surface area contributed by atoms with Crippen molar-refractivity contribution in [2.75, 3.05) is 24.9 Å². The van der Waals surface area contributed by atoms with Crippen LogP contribution in [0.2, 0.25) is 10.0 Å². The van der Waals surface area contributed by atoms with E-state index in [0.717, 1.165) is 8.87 Å². The third kappa shape index (κ3) is 6.96. The molecule has 0 fully saturated rings. The zero-order valence-electron chi connectivity index (χ0n) is 22.8. The summed E-state index contributed by atoms with van der Waals surface area (Å²) in [4.78, 5) is 39.7. The fourth-order valence-corrected chi connectivity index (χ4v) is 5.87. The Kier molecular flexibility index (Phi) is 8.93. The minimum absolute atomic E-state index is 0.000726. The number of fused-ring (bicyclic) bond motifs is 1. The molecule has 0 N–H and O–H groups in total. The number of rotatable bonds is 7. The van der Waals surface area contributed by atoms with E-state index in [4.69, 9.17) is 32.7 Å². The Morgan fingerprint density at radius 1 is 1.02 bits per heavy atom. The zero-order chi connectivity index (χ0) is 30.2. The first-order chi connectivity index (χ1) is 18.4. The van der Waals surface area contributed by atoms with Crippen LogP contribution >= 0.6 is 23.2 Å². The maximum Gasteiger partial charge on any atom is 0.423 e. The summed E-state index contributed by atoms with van der Waals surface area (Å²) in [6, 6.07) is 8.02. The fourth-order valence-electron chi connectivity index (χ4n) is 3.74. The number of carbonyl (C=O) groups excluding carboxylic acids is 3. The highest BCUT2D eigenvalue weighted by Gasteiger charge is 2.31. The van der Waals surface area contributed by atoms with E-state index in [2.05, 4.69) is 6.58 Å². The van der Waals surface area contributed by atoms with E-state index in [1.807, 2.05) is 0 Å². The molecule has 10 nitrogen and oxygen atoms in total. The van der Waals surface area contributed by atoms with Gasteiger partial charge in [0.1, 0.15) is 12.1 Å². The van der Waals surface area contributed by atoms with Crippen molar-refractivity contribution in [1.29, 1.82) is 0 Å². The predicted octanol–water partition coefficient (Wildman–Crippen LogP) is 5.71. The van der Waals surface area contributed by atoms with Gasteiger partial charge >= 0.3 is 12.1 Å². The van der Waals surface area contributed by atoms with E-state index in [9.17, 15) is 22.8 Å². The standard InChI is InChI=1S/C27H29Cl2N3O7S/c1-16(2)38-26(35)31-14-22(25(34)30(6)7)21-9-8-19(13-23(21)31)32(15-24(33)39-27(3,4)5)40(36,37)20-11-17(28)10-18(29)12-20/h8-14H,1,15H2,2-7H3. The molecule has 1 heterocycles. The molecule has 3 aromatic rings. The van der Waals surface area contributed by atoms with Crippen molar-refractivity contribution < 1.29 is 32.3 Å². The minimum Gasteiger partial charge on any atom is -0.459 e. The van der Waals surface area contributed by atoms with Crippen molar-refractivity contribution in [3.63, 3.8) is 0 Å². The van der Waals surface area contributed by atoms with Crippen LogP contribution in [0.25, 0.3) is 10.9 Å². The molecule has 214 valence electrons. The number of aromatic nitrogens is 1. The van der Waals surface area contributed by atoms with Gasteiger partial charge in [0.25, 0.3) is 15.9 Å². The molecule has 0 aliphatic carbocycles. The van der Waals surface area contributed by atoms with Crippen molar-refractivity contribution in [3.05, 3.63) is 70.5 Å². The van der Waals surface area contributed by atoms with Crippen molar-refractivity contribution in [3.8, 4) is 0 Å². The van der Waals surface area contributed by atoms with Crippen LogP contribution in [0.4, 0.5) is 10.5 Å². The number of carbonyl (C=O) groups is 3. The molecular formula is C27H29Cl2N3O7S. The number of anilines is 1. The topological polar surface area (TPSA) is 115 Å². The van der Waals surface area contributed by atoms with Gasteiger partial charge in [-0.2, -0.15) is 0 Å². The number of hydrogen-bond acceptors (Lipinski definition) is 7. The molecule has 0 radical (unpaired) electrons. The molecule has 2 aromatic carbocycles. The first kappa shape index (κ1) is 31.0. The lowest BCUT2D eigenvalue weighted by Gasteiger charge is -2.26. The SMILES string of the molecule is C=C(C)OC(=O)n1cc(C(=O)N(C)C)c2ccc(N(CC(=O)OC(C)(C)C)S(=O)(=O)c3cc(Cl)cc(Cl)c3)cc21. The van der Waals surface area contributed by atoms with E-state index < -0.39 is 40.1 Å². The van der Waals surface area contributed by atoms with Crippen LogP contribution < -0.4 is 4.31 Å². The fraction of sp³-hybridized carbons (Fsp3) is 0.296. The Hall–Kier alpha value is -3.54. The zero-order valence-corrected chi connectivity index (χ0v) is 25.1.